The number of tetrazole rings is 1. The van der Waals surface area contributed by atoms with Gasteiger partial charge in [0.25, 0.3) is 0 Å². The number of fused-ring (bicyclic) bond motifs is 2. The highest BCUT2D eigenvalue weighted by molar-refractivity contribution is 6.31. The Morgan fingerprint density at radius 2 is 2.08 bits per heavy atom. The zero-order valence-electron chi connectivity index (χ0n) is 19.7. The summed E-state index contributed by atoms with van der Waals surface area (Å²) < 4.78 is 16.7. The van der Waals surface area contributed by atoms with Gasteiger partial charge in [0.05, 0.1) is 28.2 Å². The van der Waals surface area contributed by atoms with Crippen molar-refractivity contribution in [3.8, 4) is 5.69 Å². The van der Waals surface area contributed by atoms with Crippen LogP contribution < -0.4 is 5.32 Å². The summed E-state index contributed by atoms with van der Waals surface area (Å²) in [4.78, 5) is 38.7. The van der Waals surface area contributed by atoms with Crippen LogP contribution >= 0.6 is 11.6 Å². The maximum atomic E-state index is 15.3. The Bertz CT molecular complexity index is 1620. The lowest BCUT2D eigenvalue weighted by Crippen LogP contribution is -2.39. The zero-order valence-corrected chi connectivity index (χ0v) is 20.4. The first-order valence-corrected chi connectivity index (χ1v) is 12.4. The van der Waals surface area contributed by atoms with Crippen molar-refractivity contribution < 1.29 is 14.0 Å². The van der Waals surface area contributed by atoms with Crippen molar-refractivity contribution >= 4 is 34.8 Å². The smallest absolute Gasteiger partial charge is 0.343 e. The quantitative estimate of drug-likeness (QED) is 0.530. The molecular formula is C25H19ClFN9O2. The van der Waals surface area contributed by atoms with E-state index in [4.69, 9.17) is 11.6 Å². The number of hydrogen-bond acceptors (Lipinski definition) is 6. The molecule has 1 saturated heterocycles. The highest BCUT2D eigenvalue weighted by Gasteiger charge is 2.42. The second kappa shape index (κ2) is 8.55. The van der Waals surface area contributed by atoms with E-state index in [2.05, 4.69) is 35.8 Å². The number of allylic oxidation sites excluding steroid dienone is 3. The average molecular weight is 532 g/mol. The van der Waals surface area contributed by atoms with E-state index in [-0.39, 0.29) is 40.5 Å². The molecule has 3 amide bonds. The van der Waals surface area contributed by atoms with Gasteiger partial charge in [-0.25, -0.2) is 14.2 Å². The van der Waals surface area contributed by atoms with Crippen LogP contribution in [0.2, 0.25) is 5.02 Å². The Hall–Kier alpha value is -4.45. The van der Waals surface area contributed by atoms with Crippen LogP contribution in [0.4, 0.5) is 9.18 Å². The molecular weight excluding hydrogens is 513 g/mol. The molecule has 11 nitrogen and oxygen atoms in total. The number of nitrogens with one attached hydrogen (secondary N) is 2. The number of carbonyl (C=O) groups is 2. The SMILES string of the molecule is O=C1N=C2C=CC(c3cnc([C@@H]4CC[C@H]5CC(c6c(-n7cnnn7)ccc(Cl)c6F)=CC(=O)N54)[nH]3)C=C2N1. The molecule has 7 rings (SSSR count). The average Bonchev–Trinajstić information content (AvgIpc) is 3.70. The molecule has 1 aromatic carbocycles. The van der Waals surface area contributed by atoms with Gasteiger partial charge < -0.3 is 15.2 Å². The second-order valence-corrected chi connectivity index (χ2v) is 9.90. The summed E-state index contributed by atoms with van der Waals surface area (Å²) in [6.07, 6.45) is 12.2. The van der Waals surface area contributed by atoms with Crippen LogP contribution in [0.1, 0.15) is 48.3 Å². The summed E-state index contributed by atoms with van der Waals surface area (Å²) in [5, 5.41) is 13.9. The van der Waals surface area contributed by atoms with Gasteiger partial charge in [-0.2, -0.15) is 9.67 Å². The molecule has 1 unspecified atom stereocenters. The Morgan fingerprint density at radius 1 is 1.18 bits per heavy atom. The second-order valence-electron chi connectivity index (χ2n) is 9.49. The third kappa shape index (κ3) is 3.59. The number of aromatic nitrogens is 6. The molecule has 190 valence electrons. The summed E-state index contributed by atoms with van der Waals surface area (Å²) >= 11 is 6.11. The van der Waals surface area contributed by atoms with Gasteiger partial charge in [-0.05, 0) is 59.5 Å². The normalized spacial score (nSPS) is 24.1. The molecule has 0 saturated carbocycles. The lowest BCUT2D eigenvalue weighted by atomic mass is 9.92. The van der Waals surface area contributed by atoms with Gasteiger partial charge >= 0.3 is 6.03 Å². The number of rotatable bonds is 4. The molecule has 0 radical (unpaired) electrons. The molecule has 5 heterocycles. The van der Waals surface area contributed by atoms with E-state index in [0.717, 1.165) is 18.5 Å². The summed E-state index contributed by atoms with van der Waals surface area (Å²) in [6, 6.07) is 2.35. The third-order valence-electron chi connectivity index (χ3n) is 7.34. The Balaban J connectivity index is 1.17. The molecule has 2 aromatic heterocycles. The highest BCUT2D eigenvalue weighted by atomic mass is 35.5. The molecule has 3 aromatic rings. The lowest BCUT2D eigenvalue weighted by molar-refractivity contribution is -0.129. The maximum absolute atomic E-state index is 15.3. The largest absolute Gasteiger partial charge is 0.346 e. The van der Waals surface area contributed by atoms with E-state index in [0.29, 0.717) is 34.9 Å². The predicted molar refractivity (Wildman–Crippen MR) is 134 cm³/mol. The first kappa shape index (κ1) is 22.7. The molecule has 1 fully saturated rings. The van der Waals surface area contributed by atoms with Gasteiger partial charge in [0.1, 0.15) is 12.2 Å². The third-order valence-corrected chi connectivity index (χ3v) is 7.63. The van der Waals surface area contributed by atoms with Crippen LogP contribution in [0.3, 0.4) is 0 Å². The van der Waals surface area contributed by atoms with Crippen molar-refractivity contribution in [1.82, 2.24) is 40.4 Å². The molecule has 2 N–H and O–H groups in total. The number of halogens is 2. The molecule has 13 heteroatoms. The van der Waals surface area contributed by atoms with E-state index < -0.39 is 5.82 Å². The number of carbonyl (C=O) groups excluding carboxylic acids is 2. The number of hydrogen-bond donors (Lipinski definition) is 2. The van der Waals surface area contributed by atoms with E-state index in [1.807, 2.05) is 23.1 Å². The Morgan fingerprint density at radius 3 is 2.92 bits per heavy atom. The Labute approximate surface area is 219 Å². The van der Waals surface area contributed by atoms with Crippen LogP contribution in [0.15, 0.2) is 59.7 Å². The fourth-order valence-electron chi connectivity index (χ4n) is 5.65. The van der Waals surface area contributed by atoms with Gasteiger partial charge in [-0.15, -0.1) is 5.10 Å². The minimum atomic E-state index is -0.612. The first-order chi connectivity index (χ1) is 18.5. The number of aliphatic imine (C=N–C) groups is 1. The van der Waals surface area contributed by atoms with Crippen molar-refractivity contribution in [2.24, 2.45) is 4.99 Å². The molecule has 38 heavy (non-hydrogen) atoms. The highest BCUT2D eigenvalue weighted by Crippen LogP contribution is 2.44. The minimum absolute atomic E-state index is 0.0395. The molecule has 4 aliphatic rings. The predicted octanol–water partition coefficient (Wildman–Crippen LogP) is 3.40. The molecule has 3 aliphatic heterocycles. The van der Waals surface area contributed by atoms with Crippen LogP contribution in [0.5, 0.6) is 0 Å². The number of H-pyrrole nitrogens is 1. The molecule has 0 spiro atoms. The van der Waals surface area contributed by atoms with Crippen molar-refractivity contribution in [3.05, 3.63) is 82.6 Å². The van der Waals surface area contributed by atoms with E-state index in [1.54, 1.807) is 12.3 Å². The van der Waals surface area contributed by atoms with Gasteiger partial charge in [-0.1, -0.05) is 17.7 Å². The van der Waals surface area contributed by atoms with Crippen LogP contribution in [0.25, 0.3) is 11.3 Å². The lowest BCUT2D eigenvalue weighted by Gasteiger charge is -2.33. The number of urea groups is 1. The molecule has 0 bridgehead atoms. The first-order valence-electron chi connectivity index (χ1n) is 12.1. The fourth-order valence-corrected chi connectivity index (χ4v) is 5.81. The number of nitrogens with zero attached hydrogens (tertiary/aromatic N) is 7. The van der Waals surface area contributed by atoms with Gasteiger partial charge in [0, 0.05) is 35.5 Å². The van der Waals surface area contributed by atoms with Crippen LogP contribution in [-0.4, -0.2) is 58.8 Å². The van der Waals surface area contributed by atoms with Gasteiger partial charge in [0.15, 0.2) is 5.82 Å². The van der Waals surface area contributed by atoms with Crippen molar-refractivity contribution in [1.29, 1.82) is 0 Å². The summed E-state index contributed by atoms with van der Waals surface area (Å²) in [5.74, 6) is -0.246. The Kier molecular flexibility index (Phi) is 5.11. The van der Waals surface area contributed by atoms with Crippen molar-refractivity contribution in [2.75, 3.05) is 0 Å². The van der Waals surface area contributed by atoms with Crippen LogP contribution in [0, 0.1) is 5.82 Å². The van der Waals surface area contributed by atoms with Gasteiger partial charge in [0.2, 0.25) is 5.91 Å². The van der Waals surface area contributed by atoms with E-state index in [1.165, 1.54) is 23.2 Å². The van der Waals surface area contributed by atoms with Crippen molar-refractivity contribution in [2.45, 2.75) is 37.3 Å². The standard InChI is InChI=1S/C25H19ClFN9O2/c26-15-3-6-19(35-11-29-33-34-35)22(23(15)27)13-7-14-2-5-20(36(14)21(37)9-13)24-28-10-18(30-24)12-1-4-16-17(8-12)32-25(38)31-16/h1,3-4,6,8-12,14,20H,2,5,7H2,(H,28,30)(H,32,38)/t12?,14-,20-/m0/s1. The van der Waals surface area contributed by atoms with Crippen LogP contribution in [-0.2, 0) is 4.79 Å². The minimum Gasteiger partial charge on any atom is -0.343 e. The number of amides is 3. The molecule has 3 atom stereocenters. The number of aromatic amines is 1. The van der Waals surface area contributed by atoms with Gasteiger partial charge in [-0.3, -0.25) is 4.79 Å². The topological polar surface area (TPSA) is 134 Å². The van der Waals surface area contributed by atoms with E-state index in [9.17, 15) is 9.59 Å². The summed E-state index contributed by atoms with van der Waals surface area (Å²) in [5.41, 5.74) is 3.33. The number of benzene rings is 1. The summed E-state index contributed by atoms with van der Waals surface area (Å²) in [6.45, 7) is 0. The maximum Gasteiger partial charge on any atom is 0.346 e. The van der Waals surface area contributed by atoms with E-state index >= 15 is 4.39 Å². The summed E-state index contributed by atoms with van der Waals surface area (Å²) in [7, 11) is 0. The molecule has 1 aliphatic carbocycles. The fraction of sp³-hybridized carbons (Fsp3) is 0.240. The number of imidazole rings is 1. The monoisotopic (exact) mass is 531 g/mol. The zero-order chi connectivity index (χ0) is 26.0. The van der Waals surface area contributed by atoms with Crippen molar-refractivity contribution in [3.63, 3.8) is 0 Å².